The molecule has 0 spiro atoms. The summed E-state index contributed by atoms with van der Waals surface area (Å²) >= 11 is 6.11. The summed E-state index contributed by atoms with van der Waals surface area (Å²) in [6, 6.07) is 8.31. The zero-order valence-corrected chi connectivity index (χ0v) is 12.0. The minimum atomic E-state index is 0.222. The van der Waals surface area contributed by atoms with Crippen LogP contribution in [0, 0.1) is 0 Å². The average molecular weight is 254 g/mol. The number of hydrogen-bond donors (Lipinski definition) is 1. The van der Waals surface area contributed by atoms with Crippen molar-refractivity contribution in [2.45, 2.75) is 45.4 Å². The van der Waals surface area contributed by atoms with Gasteiger partial charge < -0.3 is 5.32 Å². The summed E-state index contributed by atoms with van der Waals surface area (Å²) in [6.45, 7) is 8.85. The van der Waals surface area contributed by atoms with E-state index in [1.807, 2.05) is 6.07 Å². The molecule has 0 aromatic heterocycles. The molecule has 0 atom stereocenters. The van der Waals surface area contributed by atoms with E-state index in [1.165, 1.54) is 12.0 Å². The summed E-state index contributed by atoms with van der Waals surface area (Å²) in [5.74, 6) is 0. The summed E-state index contributed by atoms with van der Waals surface area (Å²) in [5.41, 5.74) is 1.58. The van der Waals surface area contributed by atoms with Crippen LogP contribution >= 0.6 is 11.6 Å². The van der Waals surface area contributed by atoms with Crippen molar-refractivity contribution in [3.63, 3.8) is 0 Å². The van der Waals surface area contributed by atoms with Crippen molar-refractivity contribution < 1.29 is 0 Å². The Morgan fingerprint density at radius 2 is 1.88 bits per heavy atom. The highest BCUT2D eigenvalue weighted by Gasteiger charge is 2.27. The predicted molar refractivity (Wildman–Crippen MR) is 76.9 cm³/mol. The van der Waals surface area contributed by atoms with E-state index in [-0.39, 0.29) is 5.41 Å². The fourth-order valence-electron chi connectivity index (χ4n) is 2.33. The van der Waals surface area contributed by atoms with Gasteiger partial charge in [0.15, 0.2) is 0 Å². The average Bonchev–Trinajstić information content (AvgIpc) is 2.35. The standard InChI is InChI=1S/C15H24ClN/c1-4-10-17-12-15(5-2,6-3)13-8-7-9-14(16)11-13/h7-9,11,17H,4-6,10,12H2,1-3H3. The van der Waals surface area contributed by atoms with E-state index in [0.29, 0.717) is 0 Å². The maximum Gasteiger partial charge on any atom is 0.0408 e. The molecular weight excluding hydrogens is 230 g/mol. The van der Waals surface area contributed by atoms with Crippen LogP contribution in [0.5, 0.6) is 0 Å². The zero-order chi connectivity index (χ0) is 12.7. The fourth-order valence-corrected chi connectivity index (χ4v) is 2.52. The molecule has 1 rings (SSSR count). The zero-order valence-electron chi connectivity index (χ0n) is 11.2. The van der Waals surface area contributed by atoms with Crippen molar-refractivity contribution in [2.75, 3.05) is 13.1 Å². The molecule has 0 aliphatic carbocycles. The maximum atomic E-state index is 6.11. The van der Waals surface area contributed by atoms with Crippen LogP contribution in [-0.4, -0.2) is 13.1 Å². The van der Waals surface area contributed by atoms with Crippen LogP contribution in [-0.2, 0) is 5.41 Å². The van der Waals surface area contributed by atoms with Crippen molar-refractivity contribution >= 4 is 11.6 Å². The van der Waals surface area contributed by atoms with Gasteiger partial charge in [-0.15, -0.1) is 0 Å². The number of benzene rings is 1. The molecule has 0 heterocycles. The van der Waals surface area contributed by atoms with Crippen molar-refractivity contribution in [1.29, 1.82) is 0 Å². The second kappa shape index (κ2) is 7.03. The van der Waals surface area contributed by atoms with E-state index >= 15 is 0 Å². The van der Waals surface area contributed by atoms with Gasteiger partial charge in [-0.3, -0.25) is 0 Å². The van der Waals surface area contributed by atoms with Crippen LogP contribution in [0.25, 0.3) is 0 Å². The molecule has 0 unspecified atom stereocenters. The first kappa shape index (κ1) is 14.5. The van der Waals surface area contributed by atoms with Gasteiger partial charge in [0.05, 0.1) is 0 Å². The second-order valence-corrected chi connectivity index (χ2v) is 5.11. The van der Waals surface area contributed by atoms with Crippen LogP contribution in [0.15, 0.2) is 24.3 Å². The molecule has 1 N–H and O–H groups in total. The predicted octanol–water partition coefficient (Wildman–Crippen LogP) is 4.40. The van der Waals surface area contributed by atoms with Crippen molar-refractivity contribution in [3.8, 4) is 0 Å². The molecule has 1 aromatic carbocycles. The topological polar surface area (TPSA) is 12.0 Å². The number of hydrogen-bond acceptors (Lipinski definition) is 1. The van der Waals surface area contributed by atoms with Gasteiger partial charge in [0.25, 0.3) is 0 Å². The molecule has 96 valence electrons. The first-order chi connectivity index (χ1) is 8.18. The molecule has 1 nitrogen and oxygen atoms in total. The highest BCUT2D eigenvalue weighted by molar-refractivity contribution is 6.30. The maximum absolute atomic E-state index is 6.11. The lowest BCUT2D eigenvalue weighted by molar-refractivity contribution is 0.369. The smallest absolute Gasteiger partial charge is 0.0408 e. The third-order valence-corrected chi connectivity index (χ3v) is 3.92. The van der Waals surface area contributed by atoms with Crippen LogP contribution in [0.1, 0.15) is 45.6 Å². The minimum Gasteiger partial charge on any atom is -0.316 e. The molecule has 2 heteroatoms. The Bertz CT molecular complexity index is 331. The summed E-state index contributed by atoms with van der Waals surface area (Å²) in [6.07, 6.45) is 3.46. The lowest BCUT2D eigenvalue weighted by Crippen LogP contribution is -2.37. The third kappa shape index (κ3) is 3.72. The molecule has 0 fully saturated rings. The van der Waals surface area contributed by atoms with Gasteiger partial charge in [0.1, 0.15) is 0 Å². The van der Waals surface area contributed by atoms with Crippen LogP contribution in [0.2, 0.25) is 5.02 Å². The van der Waals surface area contributed by atoms with E-state index in [4.69, 9.17) is 11.6 Å². The molecule has 0 aliphatic heterocycles. The van der Waals surface area contributed by atoms with Gasteiger partial charge in [-0.1, -0.05) is 44.5 Å². The molecule has 0 saturated carbocycles. The van der Waals surface area contributed by atoms with Crippen molar-refractivity contribution in [1.82, 2.24) is 5.32 Å². The summed E-state index contributed by atoms with van der Waals surface area (Å²) in [5, 5.41) is 4.39. The van der Waals surface area contributed by atoms with E-state index in [2.05, 4.69) is 44.3 Å². The van der Waals surface area contributed by atoms with Gasteiger partial charge in [0, 0.05) is 17.0 Å². The Morgan fingerprint density at radius 3 is 2.41 bits per heavy atom. The largest absolute Gasteiger partial charge is 0.316 e. The fraction of sp³-hybridized carbons (Fsp3) is 0.600. The highest BCUT2D eigenvalue weighted by Crippen LogP contribution is 2.32. The van der Waals surface area contributed by atoms with Crippen LogP contribution in [0.3, 0.4) is 0 Å². The van der Waals surface area contributed by atoms with Crippen LogP contribution < -0.4 is 5.32 Å². The summed E-state index contributed by atoms with van der Waals surface area (Å²) < 4.78 is 0. The van der Waals surface area contributed by atoms with Gasteiger partial charge in [-0.2, -0.15) is 0 Å². The lowest BCUT2D eigenvalue weighted by atomic mass is 9.76. The van der Waals surface area contributed by atoms with Crippen molar-refractivity contribution in [3.05, 3.63) is 34.9 Å². The van der Waals surface area contributed by atoms with Gasteiger partial charge in [-0.25, -0.2) is 0 Å². The van der Waals surface area contributed by atoms with Gasteiger partial charge in [-0.05, 0) is 43.5 Å². The molecule has 0 saturated heterocycles. The van der Waals surface area contributed by atoms with E-state index in [0.717, 1.165) is 31.0 Å². The SMILES string of the molecule is CCCNCC(CC)(CC)c1cccc(Cl)c1. The molecule has 17 heavy (non-hydrogen) atoms. The number of halogens is 1. The van der Waals surface area contributed by atoms with Crippen molar-refractivity contribution in [2.24, 2.45) is 0 Å². The normalized spacial score (nSPS) is 11.8. The Kier molecular flexibility index (Phi) is 6.01. The van der Waals surface area contributed by atoms with Crippen LogP contribution in [0.4, 0.5) is 0 Å². The molecule has 1 aromatic rings. The monoisotopic (exact) mass is 253 g/mol. The highest BCUT2D eigenvalue weighted by atomic mass is 35.5. The molecule has 0 aliphatic rings. The molecule has 0 amide bonds. The number of nitrogens with one attached hydrogen (secondary N) is 1. The Labute approximate surface area is 111 Å². The summed E-state index contributed by atoms with van der Waals surface area (Å²) in [4.78, 5) is 0. The van der Waals surface area contributed by atoms with E-state index < -0.39 is 0 Å². The Hall–Kier alpha value is -0.530. The Morgan fingerprint density at radius 1 is 1.18 bits per heavy atom. The van der Waals surface area contributed by atoms with E-state index in [1.54, 1.807) is 0 Å². The molecule has 0 radical (unpaired) electrons. The third-order valence-electron chi connectivity index (χ3n) is 3.68. The summed E-state index contributed by atoms with van der Waals surface area (Å²) in [7, 11) is 0. The first-order valence-electron chi connectivity index (χ1n) is 6.65. The number of rotatable bonds is 7. The van der Waals surface area contributed by atoms with Gasteiger partial charge >= 0.3 is 0 Å². The molecular formula is C15H24ClN. The second-order valence-electron chi connectivity index (χ2n) is 4.67. The first-order valence-corrected chi connectivity index (χ1v) is 7.03. The van der Waals surface area contributed by atoms with E-state index in [9.17, 15) is 0 Å². The quantitative estimate of drug-likeness (QED) is 0.711. The molecule has 0 bridgehead atoms. The lowest BCUT2D eigenvalue weighted by Gasteiger charge is -2.33. The Balaban J connectivity index is 2.89. The minimum absolute atomic E-state index is 0.222. The van der Waals surface area contributed by atoms with Gasteiger partial charge in [0.2, 0.25) is 0 Å².